The Kier molecular flexibility index (Phi) is 4.93. The van der Waals surface area contributed by atoms with Crippen molar-refractivity contribution in [2.24, 2.45) is 0 Å². The van der Waals surface area contributed by atoms with Gasteiger partial charge in [-0.3, -0.25) is 0 Å². The standard InChI is InChI=1S/C13H21NO3/c1-3-13(8-15,9-16)14-10(2)11-6-4-5-7-12(11)17/h4-7,10,14-17H,3,8-9H2,1-2H3. The van der Waals surface area contributed by atoms with Crippen LogP contribution in [0.2, 0.25) is 0 Å². The number of aliphatic hydroxyl groups is 2. The molecule has 1 unspecified atom stereocenters. The number of benzene rings is 1. The van der Waals surface area contributed by atoms with Crippen molar-refractivity contribution >= 4 is 0 Å². The zero-order chi connectivity index (χ0) is 12.9. The van der Waals surface area contributed by atoms with Crippen molar-refractivity contribution in [1.29, 1.82) is 0 Å². The minimum Gasteiger partial charge on any atom is -0.508 e. The lowest BCUT2D eigenvalue weighted by molar-refractivity contribution is 0.0790. The predicted octanol–water partition coefficient (Wildman–Crippen LogP) is 1.18. The minimum atomic E-state index is -0.707. The van der Waals surface area contributed by atoms with Crippen molar-refractivity contribution in [2.45, 2.75) is 31.8 Å². The van der Waals surface area contributed by atoms with Crippen LogP contribution in [-0.4, -0.2) is 34.1 Å². The lowest BCUT2D eigenvalue weighted by Gasteiger charge is -2.33. The van der Waals surface area contributed by atoms with Crippen LogP contribution in [0.25, 0.3) is 0 Å². The smallest absolute Gasteiger partial charge is 0.120 e. The van der Waals surface area contributed by atoms with Crippen LogP contribution in [-0.2, 0) is 0 Å². The Bertz CT molecular complexity index is 342. The lowest BCUT2D eigenvalue weighted by atomic mass is 9.95. The van der Waals surface area contributed by atoms with Crippen molar-refractivity contribution in [2.75, 3.05) is 13.2 Å². The topological polar surface area (TPSA) is 72.7 Å². The molecular weight excluding hydrogens is 218 g/mol. The van der Waals surface area contributed by atoms with Crippen molar-refractivity contribution in [3.8, 4) is 5.75 Å². The van der Waals surface area contributed by atoms with Gasteiger partial charge in [-0.05, 0) is 19.4 Å². The van der Waals surface area contributed by atoms with Gasteiger partial charge in [-0.2, -0.15) is 0 Å². The Morgan fingerprint density at radius 3 is 2.29 bits per heavy atom. The Hall–Kier alpha value is -1.10. The van der Waals surface area contributed by atoms with Gasteiger partial charge in [0.15, 0.2) is 0 Å². The van der Waals surface area contributed by atoms with E-state index < -0.39 is 5.54 Å². The molecule has 0 saturated carbocycles. The van der Waals surface area contributed by atoms with Crippen molar-refractivity contribution in [1.82, 2.24) is 5.32 Å². The quantitative estimate of drug-likeness (QED) is 0.601. The molecule has 0 aromatic heterocycles. The zero-order valence-electron chi connectivity index (χ0n) is 10.3. The molecule has 1 aromatic rings. The van der Waals surface area contributed by atoms with Gasteiger partial charge >= 0.3 is 0 Å². The SMILES string of the molecule is CCC(CO)(CO)NC(C)c1ccccc1O. The van der Waals surface area contributed by atoms with Crippen LogP contribution in [0.15, 0.2) is 24.3 Å². The van der Waals surface area contributed by atoms with E-state index in [9.17, 15) is 15.3 Å². The monoisotopic (exact) mass is 239 g/mol. The summed E-state index contributed by atoms with van der Waals surface area (Å²) in [7, 11) is 0. The Labute approximate surface area is 102 Å². The summed E-state index contributed by atoms with van der Waals surface area (Å²) in [6.45, 7) is 3.51. The number of aromatic hydroxyl groups is 1. The van der Waals surface area contributed by atoms with Gasteiger partial charge in [0.05, 0.1) is 18.8 Å². The molecule has 0 amide bonds. The normalized spacial score (nSPS) is 13.6. The number of hydrogen-bond acceptors (Lipinski definition) is 4. The van der Waals surface area contributed by atoms with Crippen LogP contribution in [0, 0.1) is 0 Å². The van der Waals surface area contributed by atoms with Crippen molar-refractivity contribution in [3.63, 3.8) is 0 Å². The van der Waals surface area contributed by atoms with Crippen LogP contribution >= 0.6 is 0 Å². The average molecular weight is 239 g/mol. The third kappa shape index (κ3) is 3.19. The van der Waals surface area contributed by atoms with Crippen LogP contribution in [0.3, 0.4) is 0 Å². The molecule has 0 aliphatic carbocycles. The largest absolute Gasteiger partial charge is 0.508 e. The fourth-order valence-electron chi connectivity index (χ4n) is 1.86. The Morgan fingerprint density at radius 2 is 1.82 bits per heavy atom. The number of aliphatic hydroxyl groups excluding tert-OH is 2. The minimum absolute atomic E-state index is 0.141. The fraction of sp³-hybridized carbons (Fsp3) is 0.538. The molecule has 1 rings (SSSR count). The zero-order valence-corrected chi connectivity index (χ0v) is 10.3. The molecule has 0 heterocycles. The molecule has 1 aromatic carbocycles. The van der Waals surface area contributed by atoms with E-state index in [1.165, 1.54) is 0 Å². The molecule has 0 bridgehead atoms. The molecule has 0 radical (unpaired) electrons. The van der Waals surface area contributed by atoms with E-state index in [0.717, 1.165) is 5.56 Å². The number of phenolic OH excluding ortho intramolecular Hbond substituents is 1. The molecule has 0 aliphatic rings. The summed E-state index contributed by atoms with van der Waals surface area (Å²) >= 11 is 0. The first-order chi connectivity index (χ1) is 8.08. The molecule has 0 fully saturated rings. The fourth-order valence-corrected chi connectivity index (χ4v) is 1.86. The van der Waals surface area contributed by atoms with Gasteiger partial charge in [-0.1, -0.05) is 25.1 Å². The van der Waals surface area contributed by atoms with Gasteiger partial charge in [0.25, 0.3) is 0 Å². The number of hydrogen-bond donors (Lipinski definition) is 4. The van der Waals surface area contributed by atoms with E-state index in [-0.39, 0.29) is 25.0 Å². The summed E-state index contributed by atoms with van der Waals surface area (Å²) in [5, 5.41) is 31.6. The molecule has 0 aliphatic heterocycles. The van der Waals surface area contributed by atoms with E-state index in [1.54, 1.807) is 12.1 Å². The van der Waals surface area contributed by atoms with E-state index in [4.69, 9.17) is 0 Å². The second kappa shape index (κ2) is 6.00. The van der Waals surface area contributed by atoms with Gasteiger partial charge in [-0.15, -0.1) is 0 Å². The molecule has 4 nitrogen and oxygen atoms in total. The summed E-state index contributed by atoms with van der Waals surface area (Å²) in [6.07, 6.45) is 0.609. The summed E-state index contributed by atoms with van der Waals surface area (Å²) in [5.41, 5.74) is 0.0500. The van der Waals surface area contributed by atoms with Crippen LogP contribution < -0.4 is 5.32 Å². The molecule has 96 valence electrons. The summed E-state index contributed by atoms with van der Waals surface area (Å²) < 4.78 is 0. The second-order valence-electron chi connectivity index (χ2n) is 4.37. The molecular formula is C13H21NO3. The highest BCUT2D eigenvalue weighted by molar-refractivity contribution is 5.34. The molecule has 1 atom stereocenters. The van der Waals surface area contributed by atoms with Crippen LogP contribution in [0.5, 0.6) is 5.75 Å². The Morgan fingerprint density at radius 1 is 1.24 bits per heavy atom. The third-order valence-corrected chi connectivity index (χ3v) is 3.21. The molecule has 0 saturated heterocycles. The van der Waals surface area contributed by atoms with Crippen LogP contribution in [0.1, 0.15) is 31.9 Å². The first kappa shape index (κ1) is 14.0. The average Bonchev–Trinajstić information content (AvgIpc) is 2.36. The summed E-state index contributed by atoms with van der Waals surface area (Å²) in [6, 6.07) is 6.91. The molecule has 17 heavy (non-hydrogen) atoms. The van der Waals surface area contributed by atoms with Crippen LogP contribution in [0.4, 0.5) is 0 Å². The second-order valence-corrected chi connectivity index (χ2v) is 4.37. The van der Waals surface area contributed by atoms with Gasteiger partial charge in [0, 0.05) is 11.6 Å². The summed E-state index contributed by atoms with van der Waals surface area (Å²) in [4.78, 5) is 0. The maximum absolute atomic E-state index is 9.73. The van der Waals surface area contributed by atoms with Gasteiger partial charge < -0.3 is 20.6 Å². The number of nitrogens with one attached hydrogen (secondary N) is 1. The Balaban J connectivity index is 2.84. The van der Waals surface area contributed by atoms with E-state index in [1.807, 2.05) is 26.0 Å². The lowest BCUT2D eigenvalue weighted by Crippen LogP contribution is -2.52. The summed E-state index contributed by atoms with van der Waals surface area (Å²) in [5.74, 6) is 0.216. The number of rotatable bonds is 6. The van der Waals surface area contributed by atoms with Gasteiger partial charge in [-0.25, -0.2) is 0 Å². The van der Waals surface area contributed by atoms with E-state index >= 15 is 0 Å². The maximum atomic E-state index is 9.73. The predicted molar refractivity (Wildman–Crippen MR) is 66.9 cm³/mol. The van der Waals surface area contributed by atoms with E-state index in [2.05, 4.69) is 5.32 Å². The van der Waals surface area contributed by atoms with Gasteiger partial charge in [0.1, 0.15) is 5.75 Å². The third-order valence-electron chi connectivity index (χ3n) is 3.21. The van der Waals surface area contributed by atoms with E-state index in [0.29, 0.717) is 6.42 Å². The van der Waals surface area contributed by atoms with Gasteiger partial charge in [0.2, 0.25) is 0 Å². The highest BCUT2D eigenvalue weighted by Crippen LogP contribution is 2.25. The first-order valence-corrected chi connectivity index (χ1v) is 5.86. The highest BCUT2D eigenvalue weighted by Gasteiger charge is 2.28. The number of phenols is 1. The first-order valence-electron chi connectivity index (χ1n) is 5.86. The number of para-hydroxylation sites is 1. The highest BCUT2D eigenvalue weighted by atomic mass is 16.3. The molecule has 4 heteroatoms. The maximum Gasteiger partial charge on any atom is 0.120 e. The van der Waals surface area contributed by atoms with Crippen molar-refractivity contribution < 1.29 is 15.3 Å². The molecule has 0 spiro atoms. The molecule has 4 N–H and O–H groups in total. The van der Waals surface area contributed by atoms with Crippen molar-refractivity contribution in [3.05, 3.63) is 29.8 Å².